The number of hydrogen-bond donors (Lipinski definition) is 2. The van der Waals surface area contributed by atoms with Crippen LogP contribution in [0.3, 0.4) is 0 Å². The molecule has 2 amide bonds. The number of aromatic nitrogens is 3. The molecular weight excluding hydrogens is 495 g/mol. The number of hydrogen-bond acceptors (Lipinski definition) is 4. The summed E-state index contributed by atoms with van der Waals surface area (Å²) < 4.78 is 86.8. The van der Waals surface area contributed by atoms with Crippen LogP contribution in [0, 0.1) is 11.6 Å². The molecule has 1 aliphatic rings. The SMILES string of the molecule is CCn1cc(F)c(S(N)(=O)=NC(=O)Nc2c3c(nc(C(F)(F)F)c2-c2ccc(F)cc2)CCC3)n1. The van der Waals surface area contributed by atoms with E-state index in [2.05, 4.69) is 19.8 Å². The minimum absolute atomic E-state index is 0.0579. The van der Waals surface area contributed by atoms with Crippen LogP contribution < -0.4 is 10.5 Å². The molecule has 8 nitrogen and oxygen atoms in total. The number of rotatable bonds is 4. The molecule has 35 heavy (non-hydrogen) atoms. The molecule has 0 radical (unpaired) electrons. The molecule has 0 spiro atoms. The van der Waals surface area contributed by atoms with Crippen LogP contribution in [0.2, 0.25) is 0 Å². The Hall–Kier alpha value is -3.39. The lowest BCUT2D eigenvalue weighted by Crippen LogP contribution is -2.21. The Labute approximate surface area is 196 Å². The van der Waals surface area contributed by atoms with E-state index in [4.69, 9.17) is 5.14 Å². The van der Waals surface area contributed by atoms with Crippen LogP contribution in [-0.2, 0) is 35.5 Å². The average molecular weight is 514 g/mol. The Morgan fingerprint density at radius 1 is 1.23 bits per heavy atom. The fourth-order valence-electron chi connectivity index (χ4n) is 3.86. The number of alkyl halides is 3. The molecule has 3 N–H and O–H groups in total. The third kappa shape index (κ3) is 4.89. The van der Waals surface area contributed by atoms with E-state index in [0.717, 1.165) is 35.1 Å². The van der Waals surface area contributed by atoms with Gasteiger partial charge in [0, 0.05) is 17.8 Å². The van der Waals surface area contributed by atoms with Crippen LogP contribution >= 0.6 is 0 Å². The van der Waals surface area contributed by atoms with Gasteiger partial charge in [0.1, 0.15) is 5.82 Å². The van der Waals surface area contributed by atoms with Crippen molar-refractivity contribution < 1.29 is 31.0 Å². The molecule has 2 aromatic heterocycles. The monoisotopic (exact) mass is 514 g/mol. The van der Waals surface area contributed by atoms with E-state index in [9.17, 15) is 31.0 Å². The highest BCUT2D eigenvalue weighted by atomic mass is 32.2. The predicted octanol–water partition coefficient (Wildman–Crippen LogP) is 4.68. The van der Waals surface area contributed by atoms with E-state index in [-0.39, 0.29) is 29.9 Å². The van der Waals surface area contributed by atoms with Crippen LogP contribution in [0.15, 0.2) is 39.9 Å². The Bertz CT molecular complexity index is 1430. The van der Waals surface area contributed by atoms with Crippen LogP contribution in [0.4, 0.5) is 32.4 Å². The number of aryl methyl sites for hydroxylation is 2. The summed E-state index contributed by atoms with van der Waals surface area (Å²) >= 11 is 0. The van der Waals surface area contributed by atoms with E-state index in [1.165, 1.54) is 0 Å². The maximum Gasteiger partial charge on any atom is 0.434 e. The van der Waals surface area contributed by atoms with Gasteiger partial charge >= 0.3 is 12.2 Å². The second-order valence-corrected chi connectivity index (χ2v) is 9.43. The van der Waals surface area contributed by atoms with E-state index >= 15 is 0 Å². The van der Waals surface area contributed by atoms with Gasteiger partial charge < -0.3 is 5.32 Å². The summed E-state index contributed by atoms with van der Waals surface area (Å²) in [6.45, 7) is 1.86. The van der Waals surface area contributed by atoms with Gasteiger partial charge in [-0.3, -0.25) is 4.68 Å². The first-order chi connectivity index (χ1) is 16.4. The number of nitrogens with zero attached hydrogens (tertiary/aromatic N) is 4. The van der Waals surface area contributed by atoms with Gasteiger partial charge in [-0.15, -0.1) is 4.36 Å². The van der Waals surface area contributed by atoms with Gasteiger partial charge in [-0.1, -0.05) is 12.1 Å². The normalized spacial score (nSPS) is 14.9. The van der Waals surface area contributed by atoms with Gasteiger partial charge in [-0.05, 0) is 49.4 Å². The predicted molar refractivity (Wildman–Crippen MR) is 117 cm³/mol. The van der Waals surface area contributed by atoms with Gasteiger partial charge in [-0.25, -0.2) is 27.9 Å². The number of amides is 2. The topological polar surface area (TPSA) is 115 Å². The van der Waals surface area contributed by atoms with Crippen molar-refractivity contribution in [3.8, 4) is 11.1 Å². The molecule has 1 aliphatic carbocycles. The number of carbonyl (C=O) groups excluding carboxylic acids is 1. The van der Waals surface area contributed by atoms with Crippen molar-refractivity contribution in [2.24, 2.45) is 9.50 Å². The van der Waals surface area contributed by atoms with Gasteiger partial charge in [0.05, 0.1) is 11.9 Å². The van der Waals surface area contributed by atoms with Crippen molar-refractivity contribution in [3.05, 3.63) is 59.0 Å². The second-order valence-electron chi connectivity index (χ2n) is 7.72. The Morgan fingerprint density at radius 2 is 1.91 bits per heavy atom. The molecule has 14 heteroatoms. The smallest absolute Gasteiger partial charge is 0.304 e. The lowest BCUT2D eigenvalue weighted by atomic mass is 9.97. The maximum absolute atomic E-state index is 14.2. The lowest BCUT2D eigenvalue weighted by molar-refractivity contribution is -0.140. The summed E-state index contributed by atoms with van der Waals surface area (Å²) in [5.41, 5.74) is -1.61. The lowest BCUT2D eigenvalue weighted by Gasteiger charge is -2.20. The highest BCUT2D eigenvalue weighted by molar-refractivity contribution is 7.91. The number of pyridine rings is 1. The maximum atomic E-state index is 14.2. The summed E-state index contributed by atoms with van der Waals surface area (Å²) in [6, 6.07) is 2.82. The molecule has 0 saturated carbocycles. The van der Waals surface area contributed by atoms with Gasteiger partial charge in [0.15, 0.2) is 21.4 Å². The summed E-state index contributed by atoms with van der Waals surface area (Å²) in [6.07, 6.45) is -2.95. The molecule has 2 heterocycles. The average Bonchev–Trinajstić information content (AvgIpc) is 3.40. The third-order valence-electron chi connectivity index (χ3n) is 5.36. The molecular formula is C21H19F5N6O2S. The van der Waals surface area contributed by atoms with Crippen molar-refractivity contribution in [3.63, 3.8) is 0 Å². The molecule has 1 atom stereocenters. The number of halogens is 5. The standard InChI is InChI=1S/C21H19F5N6O2S/c1-2-32-10-14(23)19(30-32)35(27,34)31-20(33)29-17-13-4-3-5-15(13)28-18(21(24,25)26)16(17)11-6-8-12(22)9-7-11/h6-10H,2-5H2,1H3,(H3,27,28,29,31,33,34). The molecule has 0 saturated heterocycles. The number of carbonyl (C=O) groups is 1. The zero-order valence-electron chi connectivity index (χ0n) is 18.2. The quantitative estimate of drug-likeness (QED) is 0.492. The highest BCUT2D eigenvalue weighted by Crippen LogP contribution is 2.44. The number of benzene rings is 1. The number of anilines is 1. The zero-order chi connectivity index (χ0) is 25.5. The fraction of sp³-hybridized carbons (Fsp3) is 0.286. The van der Waals surface area contributed by atoms with Crippen LogP contribution in [-0.4, -0.2) is 25.0 Å². The first-order valence-electron chi connectivity index (χ1n) is 10.4. The van der Waals surface area contributed by atoms with Crippen LogP contribution in [0.25, 0.3) is 11.1 Å². The van der Waals surface area contributed by atoms with E-state index in [0.29, 0.717) is 18.4 Å². The molecule has 0 bridgehead atoms. The van der Waals surface area contributed by atoms with Crippen molar-refractivity contribution in [1.29, 1.82) is 0 Å². The van der Waals surface area contributed by atoms with Crippen molar-refractivity contribution in [2.45, 2.75) is 43.9 Å². The molecule has 3 aromatic rings. The number of fused-ring (bicyclic) bond motifs is 1. The number of nitrogens with one attached hydrogen (secondary N) is 1. The first kappa shape index (κ1) is 24.7. The van der Waals surface area contributed by atoms with E-state index in [1.54, 1.807) is 6.92 Å². The first-order valence-corrected chi connectivity index (χ1v) is 12.0. The number of nitrogens with two attached hydrogens (primary N) is 1. The highest BCUT2D eigenvalue weighted by Gasteiger charge is 2.39. The fourth-order valence-corrected chi connectivity index (χ4v) is 4.79. The van der Waals surface area contributed by atoms with Crippen LogP contribution in [0.1, 0.15) is 30.3 Å². The van der Waals surface area contributed by atoms with Crippen LogP contribution in [0.5, 0.6) is 0 Å². The van der Waals surface area contributed by atoms with Crippen molar-refractivity contribution >= 4 is 21.6 Å². The molecule has 186 valence electrons. The summed E-state index contributed by atoms with van der Waals surface area (Å²) in [4.78, 5) is 16.5. The summed E-state index contributed by atoms with van der Waals surface area (Å²) in [7, 11) is -4.17. The van der Waals surface area contributed by atoms with Gasteiger partial charge in [0.2, 0.25) is 5.03 Å². The minimum atomic E-state index is -4.91. The molecule has 0 aliphatic heterocycles. The molecule has 1 unspecified atom stereocenters. The summed E-state index contributed by atoms with van der Waals surface area (Å²) in [5, 5.41) is 10.8. The molecule has 4 rings (SSSR count). The second kappa shape index (κ2) is 9.00. The largest absolute Gasteiger partial charge is 0.434 e. The van der Waals surface area contributed by atoms with Gasteiger partial charge in [-0.2, -0.15) is 18.3 Å². The number of urea groups is 1. The Kier molecular flexibility index (Phi) is 6.36. The van der Waals surface area contributed by atoms with E-state index in [1.807, 2.05) is 0 Å². The zero-order valence-corrected chi connectivity index (χ0v) is 19.0. The van der Waals surface area contributed by atoms with Crippen molar-refractivity contribution in [1.82, 2.24) is 14.8 Å². The Balaban J connectivity index is 1.86. The minimum Gasteiger partial charge on any atom is -0.304 e. The molecule has 1 aromatic carbocycles. The summed E-state index contributed by atoms with van der Waals surface area (Å²) in [5.74, 6) is -1.72. The van der Waals surface area contributed by atoms with E-state index < -0.39 is 50.0 Å². The van der Waals surface area contributed by atoms with Gasteiger partial charge in [0.25, 0.3) is 0 Å². The molecule has 0 fully saturated rings. The van der Waals surface area contributed by atoms with Crippen molar-refractivity contribution in [2.75, 3.05) is 5.32 Å². The Morgan fingerprint density at radius 3 is 2.51 bits per heavy atom. The third-order valence-corrected chi connectivity index (χ3v) is 6.63.